The number of hydrogen-bond donors (Lipinski definition) is 2. The third-order valence-electron chi connectivity index (χ3n) is 5.73. The number of fused-ring (bicyclic) bond motifs is 1. The Balaban J connectivity index is 1.40. The fraction of sp³-hybridized carbons (Fsp3) is 0.579. The highest BCUT2D eigenvalue weighted by Crippen LogP contribution is 2.27. The van der Waals surface area contributed by atoms with Crippen LogP contribution in [0, 0.1) is 0 Å². The van der Waals surface area contributed by atoms with Gasteiger partial charge in [-0.3, -0.25) is 9.69 Å². The van der Waals surface area contributed by atoms with Gasteiger partial charge >= 0.3 is 0 Å². The van der Waals surface area contributed by atoms with Crippen molar-refractivity contribution in [3.05, 3.63) is 34.2 Å². The molecule has 0 atom stereocenters. The number of nitrogens with one attached hydrogen (secondary N) is 2. The summed E-state index contributed by atoms with van der Waals surface area (Å²) < 4.78 is 13.1. The van der Waals surface area contributed by atoms with E-state index in [9.17, 15) is 4.79 Å². The minimum Gasteiger partial charge on any atom is -0.420 e. The van der Waals surface area contributed by atoms with Crippen LogP contribution in [0.4, 0.5) is 0 Å². The van der Waals surface area contributed by atoms with E-state index in [1.165, 1.54) is 0 Å². The van der Waals surface area contributed by atoms with Crippen LogP contribution in [0.5, 0.6) is 0 Å². The summed E-state index contributed by atoms with van der Waals surface area (Å²) in [5.74, 6) is 1.28. The molecular weight excluding hydrogens is 374 g/mol. The second-order valence-corrected chi connectivity index (χ2v) is 7.61. The zero-order valence-electron chi connectivity index (χ0n) is 16.3. The standard InChI is InChI=1S/C19H25N7O3/c27-16-11-15(13-1-4-20-5-2-13)26-18(22-16)14(12-21-26)19-24-23-17(29-19)3-6-25-7-9-28-10-8-25/h11-13,20H,1-10H2,(H,22,27). The quantitative estimate of drug-likeness (QED) is 0.634. The molecule has 0 aliphatic carbocycles. The molecule has 0 amide bonds. The van der Waals surface area contributed by atoms with Crippen LogP contribution in [0.15, 0.2) is 21.5 Å². The molecule has 0 unspecified atom stereocenters. The van der Waals surface area contributed by atoms with Gasteiger partial charge in [0, 0.05) is 38.0 Å². The second kappa shape index (κ2) is 8.05. The highest BCUT2D eigenvalue weighted by molar-refractivity contribution is 5.70. The van der Waals surface area contributed by atoms with E-state index in [2.05, 4.69) is 30.5 Å². The van der Waals surface area contributed by atoms with E-state index in [-0.39, 0.29) is 5.56 Å². The van der Waals surface area contributed by atoms with Gasteiger partial charge in [0.15, 0.2) is 0 Å². The molecule has 10 heteroatoms. The van der Waals surface area contributed by atoms with Crippen molar-refractivity contribution in [2.24, 2.45) is 0 Å². The number of ether oxygens (including phenoxy) is 1. The van der Waals surface area contributed by atoms with Crippen LogP contribution >= 0.6 is 0 Å². The van der Waals surface area contributed by atoms with Crippen LogP contribution in [0.25, 0.3) is 17.1 Å². The second-order valence-electron chi connectivity index (χ2n) is 7.61. The molecule has 154 valence electrons. The maximum Gasteiger partial charge on any atom is 0.253 e. The van der Waals surface area contributed by atoms with Crippen molar-refractivity contribution in [2.75, 3.05) is 45.9 Å². The molecular formula is C19H25N7O3. The number of aromatic amines is 1. The molecule has 3 aromatic rings. The average Bonchev–Trinajstić information content (AvgIpc) is 3.40. The van der Waals surface area contributed by atoms with Gasteiger partial charge in [0.25, 0.3) is 11.4 Å². The molecule has 2 N–H and O–H groups in total. The van der Waals surface area contributed by atoms with E-state index in [0.717, 1.165) is 64.5 Å². The van der Waals surface area contributed by atoms with E-state index in [4.69, 9.17) is 9.15 Å². The van der Waals surface area contributed by atoms with Gasteiger partial charge in [-0.25, -0.2) is 4.52 Å². The first-order valence-corrected chi connectivity index (χ1v) is 10.2. The molecule has 5 heterocycles. The Morgan fingerprint density at radius 1 is 1.17 bits per heavy atom. The van der Waals surface area contributed by atoms with Gasteiger partial charge in [-0.1, -0.05) is 0 Å². The van der Waals surface area contributed by atoms with Crippen LogP contribution in [-0.2, 0) is 11.2 Å². The lowest BCUT2D eigenvalue weighted by molar-refractivity contribution is 0.0377. The number of piperidine rings is 1. The Labute approximate surface area is 167 Å². The number of aromatic nitrogens is 5. The van der Waals surface area contributed by atoms with Crippen molar-refractivity contribution in [3.63, 3.8) is 0 Å². The van der Waals surface area contributed by atoms with Crippen LogP contribution in [0.1, 0.15) is 30.3 Å². The van der Waals surface area contributed by atoms with E-state index in [1.807, 2.05) is 4.52 Å². The third-order valence-corrected chi connectivity index (χ3v) is 5.73. The molecule has 0 bridgehead atoms. The first kappa shape index (κ1) is 18.5. The Kier molecular flexibility index (Phi) is 5.13. The van der Waals surface area contributed by atoms with E-state index in [1.54, 1.807) is 12.3 Å². The zero-order chi connectivity index (χ0) is 19.6. The molecule has 29 heavy (non-hydrogen) atoms. The molecule has 0 radical (unpaired) electrons. The van der Waals surface area contributed by atoms with E-state index in [0.29, 0.717) is 35.3 Å². The van der Waals surface area contributed by atoms with Crippen molar-refractivity contribution < 1.29 is 9.15 Å². The average molecular weight is 399 g/mol. The lowest BCUT2D eigenvalue weighted by atomic mass is 9.94. The van der Waals surface area contributed by atoms with Gasteiger partial charge in [-0.05, 0) is 25.9 Å². The Morgan fingerprint density at radius 2 is 2.00 bits per heavy atom. The van der Waals surface area contributed by atoms with Crippen molar-refractivity contribution >= 4 is 5.65 Å². The molecule has 5 rings (SSSR count). The minimum absolute atomic E-state index is 0.139. The summed E-state index contributed by atoms with van der Waals surface area (Å²) in [6.07, 6.45) is 4.35. The zero-order valence-corrected chi connectivity index (χ0v) is 16.3. The molecule has 3 aromatic heterocycles. The number of hydrogen-bond acceptors (Lipinski definition) is 8. The summed E-state index contributed by atoms with van der Waals surface area (Å²) in [4.78, 5) is 17.5. The Morgan fingerprint density at radius 3 is 2.83 bits per heavy atom. The van der Waals surface area contributed by atoms with Crippen LogP contribution in [-0.4, -0.2) is 75.6 Å². The summed E-state index contributed by atoms with van der Waals surface area (Å²) in [6.45, 7) is 6.14. The van der Waals surface area contributed by atoms with Crippen LogP contribution in [0.2, 0.25) is 0 Å². The highest BCUT2D eigenvalue weighted by atomic mass is 16.5. The van der Waals surface area contributed by atoms with Crippen molar-refractivity contribution in [3.8, 4) is 11.5 Å². The lowest BCUT2D eigenvalue weighted by Gasteiger charge is -2.25. The first-order valence-electron chi connectivity index (χ1n) is 10.2. The summed E-state index contributed by atoms with van der Waals surface area (Å²) in [6, 6.07) is 1.65. The molecule has 2 saturated heterocycles. The third kappa shape index (κ3) is 3.83. The van der Waals surface area contributed by atoms with Crippen molar-refractivity contribution in [1.29, 1.82) is 0 Å². The molecule has 2 aliphatic rings. The monoisotopic (exact) mass is 399 g/mol. The summed E-state index contributed by atoms with van der Waals surface area (Å²) in [5, 5.41) is 16.3. The molecule has 0 aromatic carbocycles. The summed E-state index contributed by atoms with van der Waals surface area (Å²) in [5.41, 5.74) is 2.06. The van der Waals surface area contributed by atoms with E-state index >= 15 is 0 Å². The Hall–Kier alpha value is -2.56. The number of nitrogens with zero attached hydrogens (tertiary/aromatic N) is 5. The predicted molar refractivity (Wildman–Crippen MR) is 105 cm³/mol. The maximum absolute atomic E-state index is 12.3. The molecule has 2 fully saturated rings. The van der Waals surface area contributed by atoms with Gasteiger partial charge < -0.3 is 19.5 Å². The molecule has 2 aliphatic heterocycles. The molecule has 10 nitrogen and oxygen atoms in total. The maximum atomic E-state index is 12.3. The summed E-state index contributed by atoms with van der Waals surface area (Å²) in [7, 11) is 0. The predicted octanol–water partition coefficient (Wildman–Crippen LogP) is 0.414. The number of morpholine rings is 1. The van der Waals surface area contributed by atoms with Gasteiger partial charge in [0.05, 0.1) is 25.1 Å². The van der Waals surface area contributed by atoms with Crippen LogP contribution in [0.3, 0.4) is 0 Å². The molecule has 0 spiro atoms. The van der Waals surface area contributed by atoms with Crippen molar-refractivity contribution in [1.82, 2.24) is 35.0 Å². The summed E-state index contributed by atoms with van der Waals surface area (Å²) >= 11 is 0. The van der Waals surface area contributed by atoms with Gasteiger partial charge in [0.1, 0.15) is 11.2 Å². The number of rotatable bonds is 5. The SMILES string of the molecule is O=c1cc(C2CCNCC2)n2ncc(-c3nnc(CCN4CCOCC4)o3)c2[nH]1. The lowest BCUT2D eigenvalue weighted by Crippen LogP contribution is -2.37. The fourth-order valence-electron chi connectivity index (χ4n) is 4.12. The largest absolute Gasteiger partial charge is 0.420 e. The Bertz CT molecular complexity index is 1030. The first-order chi connectivity index (χ1) is 14.3. The van der Waals surface area contributed by atoms with Crippen molar-refractivity contribution in [2.45, 2.75) is 25.2 Å². The highest BCUT2D eigenvalue weighted by Gasteiger charge is 2.22. The normalized spacial score (nSPS) is 19.2. The fourth-order valence-corrected chi connectivity index (χ4v) is 4.12. The smallest absolute Gasteiger partial charge is 0.253 e. The van der Waals surface area contributed by atoms with Gasteiger partial charge in [-0.15, -0.1) is 10.2 Å². The van der Waals surface area contributed by atoms with E-state index < -0.39 is 0 Å². The topological polar surface area (TPSA) is 114 Å². The van der Waals surface area contributed by atoms with Crippen LogP contribution < -0.4 is 10.9 Å². The van der Waals surface area contributed by atoms with Gasteiger partial charge in [-0.2, -0.15) is 5.10 Å². The number of H-pyrrole nitrogens is 1. The minimum atomic E-state index is -0.139. The molecule has 0 saturated carbocycles. The van der Waals surface area contributed by atoms with Gasteiger partial charge in [0.2, 0.25) is 5.89 Å².